The molecule has 0 spiro atoms. The minimum Gasteiger partial charge on any atom is -0.482 e. The van der Waals surface area contributed by atoms with Crippen molar-refractivity contribution < 1.29 is 19.4 Å². The molecule has 0 heterocycles. The summed E-state index contributed by atoms with van der Waals surface area (Å²) >= 11 is 3.23. The van der Waals surface area contributed by atoms with Crippen LogP contribution in [0.25, 0.3) is 0 Å². The highest BCUT2D eigenvalue weighted by Crippen LogP contribution is 2.29. The Bertz CT molecular complexity index is 512. The number of carbonyl (C=O) groups excluding carboxylic acids is 1. The fourth-order valence-electron chi connectivity index (χ4n) is 2.30. The number of aromatic carboxylic acids is 1. The number of benzene rings is 1. The van der Waals surface area contributed by atoms with Crippen LogP contribution in [0.2, 0.25) is 0 Å². The van der Waals surface area contributed by atoms with Gasteiger partial charge < -0.3 is 15.2 Å². The molecule has 20 heavy (non-hydrogen) atoms. The van der Waals surface area contributed by atoms with Gasteiger partial charge in [0, 0.05) is 6.04 Å². The summed E-state index contributed by atoms with van der Waals surface area (Å²) in [4.78, 5) is 22.9. The molecule has 1 amide bonds. The van der Waals surface area contributed by atoms with Gasteiger partial charge in [-0.15, -0.1) is 0 Å². The molecule has 0 radical (unpaired) electrons. The van der Waals surface area contributed by atoms with Gasteiger partial charge in [0.25, 0.3) is 5.91 Å². The maximum absolute atomic E-state index is 11.8. The number of hydrogen-bond acceptors (Lipinski definition) is 3. The zero-order valence-corrected chi connectivity index (χ0v) is 12.5. The monoisotopic (exact) mass is 341 g/mol. The van der Waals surface area contributed by atoms with Crippen molar-refractivity contribution in [2.45, 2.75) is 31.7 Å². The van der Waals surface area contributed by atoms with Crippen molar-refractivity contribution in [2.75, 3.05) is 6.61 Å². The van der Waals surface area contributed by atoms with Crippen molar-refractivity contribution in [2.24, 2.45) is 0 Å². The average molecular weight is 342 g/mol. The predicted molar refractivity (Wildman–Crippen MR) is 77.0 cm³/mol. The van der Waals surface area contributed by atoms with Gasteiger partial charge in [0.15, 0.2) is 6.61 Å². The molecular weight excluding hydrogens is 326 g/mol. The van der Waals surface area contributed by atoms with E-state index < -0.39 is 5.97 Å². The van der Waals surface area contributed by atoms with E-state index in [1.165, 1.54) is 6.07 Å². The zero-order chi connectivity index (χ0) is 14.5. The van der Waals surface area contributed by atoms with Crippen LogP contribution in [0.5, 0.6) is 5.75 Å². The third kappa shape index (κ3) is 3.72. The first-order valence-corrected chi connectivity index (χ1v) is 7.31. The van der Waals surface area contributed by atoms with Gasteiger partial charge in [0.05, 0.1) is 4.47 Å². The van der Waals surface area contributed by atoms with E-state index in [1.54, 1.807) is 12.1 Å². The molecule has 5 nitrogen and oxygen atoms in total. The van der Waals surface area contributed by atoms with Crippen LogP contribution in [0.3, 0.4) is 0 Å². The number of halogens is 1. The highest BCUT2D eigenvalue weighted by molar-refractivity contribution is 9.10. The SMILES string of the molecule is O=C(COc1c(Br)cccc1C(=O)O)NC1CCCC1. The molecule has 0 bridgehead atoms. The van der Waals surface area contributed by atoms with Crippen LogP contribution < -0.4 is 10.1 Å². The lowest BCUT2D eigenvalue weighted by molar-refractivity contribution is -0.123. The van der Waals surface area contributed by atoms with Gasteiger partial charge in [-0.1, -0.05) is 18.9 Å². The molecule has 0 unspecified atom stereocenters. The quantitative estimate of drug-likeness (QED) is 0.862. The summed E-state index contributed by atoms with van der Waals surface area (Å²) in [6.45, 7) is -0.181. The molecule has 1 saturated carbocycles. The maximum atomic E-state index is 11.8. The Hall–Kier alpha value is -1.56. The van der Waals surface area contributed by atoms with Crippen molar-refractivity contribution in [1.29, 1.82) is 0 Å². The second kappa shape index (κ2) is 6.74. The van der Waals surface area contributed by atoms with Gasteiger partial charge in [0.1, 0.15) is 11.3 Å². The van der Waals surface area contributed by atoms with Crippen LogP contribution in [-0.2, 0) is 4.79 Å². The number of hydrogen-bond donors (Lipinski definition) is 2. The van der Waals surface area contributed by atoms with Crippen molar-refractivity contribution >= 4 is 27.8 Å². The van der Waals surface area contributed by atoms with Gasteiger partial charge in [-0.05, 0) is 40.9 Å². The summed E-state index contributed by atoms with van der Waals surface area (Å²) in [5.74, 6) is -1.12. The number of ether oxygens (including phenoxy) is 1. The van der Waals surface area contributed by atoms with E-state index in [2.05, 4.69) is 21.2 Å². The molecule has 2 rings (SSSR count). The summed E-state index contributed by atoms with van der Waals surface area (Å²) in [6, 6.07) is 4.96. The van der Waals surface area contributed by atoms with Crippen LogP contribution in [0.4, 0.5) is 0 Å². The first-order valence-electron chi connectivity index (χ1n) is 6.52. The summed E-state index contributed by atoms with van der Waals surface area (Å²) in [6.07, 6.45) is 4.28. The Kier molecular flexibility index (Phi) is 5.00. The molecule has 0 atom stereocenters. The Morgan fingerprint density at radius 1 is 1.35 bits per heavy atom. The number of carboxylic acid groups (broad SMARTS) is 1. The second-order valence-electron chi connectivity index (χ2n) is 4.76. The van der Waals surface area contributed by atoms with Gasteiger partial charge in [0.2, 0.25) is 0 Å². The van der Waals surface area contributed by atoms with Crippen LogP contribution in [0, 0.1) is 0 Å². The topological polar surface area (TPSA) is 75.6 Å². The predicted octanol–water partition coefficient (Wildman–Crippen LogP) is 2.58. The van der Waals surface area contributed by atoms with E-state index in [0.29, 0.717) is 4.47 Å². The smallest absolute Gasteiger partial charge is 0.339 e. The zero-order valence-electron chi connectivity index (χ0n) is 10.9. The fourth-order valence-corrected chi connectivity index (χ4v) is 2.78. The summed E-state index contributed by atoms with van der Waals surface area (Å²) in [5, 5.41) is 12.0. The molecule has 1 aliphatic rings. The van der Waals surface area contributed by atoms with Crippen LogP contribution >= 0.6 is 15.9 Å². The van der Waals surface area contributed by atoms with E-state index in [-0.39, 0.29) is 29.9 Å². The van der Waals surface area contributed by atoms with Crippen molar-refractivity contribution in [3.05, 3.63) is 28.2 Å². The van der Waals surface area contributed by atoms with Gasteiger partial charge in [-0.25, -0.2) is 4.79 Å². The molecular formula is C14H16BrNO4. The molecule has 1 aliphatic carbocycles. The fraction of sp³-hybridized carbons (Fsp3) is 0.429. The molecule has 1 fully saturated rings. The molecule has 0 aliphatic heterocycles. The Balaban J connectivity index is 1.96. The third-order valence-electron chi connectivity index (χ3n) is 3.27. The van der Waals surface area contributed by atoms with Crippen LogP contribution in [0.15, 0.2) is 22.7 Å². The molecule has 0 aromatic heterocycles. The van der Waals surface area contributed by atoms with E-state index in [1.807, 2.05) is 0 Å². The Morgan fingerprint density at radius 2 is 2.05 bits per heavy atom. The van der Waals surface area contributed by atoms with Crippen LogP contribution in [0.1, 0.15) is 36.0 Å². The minimum absolute atomic E-state index is 0.0352. The summed E-state index contributed by atoms with van der Waals surface area (Å²) in [7, 11) is 0. The molecule has 1 aromatic rings. The number of carboxylic acids is 1. The van der Waals surface area contributed by atoms with Crippen molar-refractivity contribution in [3.63, 3.8) is 0 Å². The molecule has 2 N–H and O–H groups in total. The molecule has 6 heteroatoms. The number of para-hydroxylation sites is 1. The third-order valence-corrected chi connectivity index (χ3v) is 3.89. The van der Waals surface area contributed by atoms with E-state index in [0.717, 1.165) is 25.7 Å². The summed E-state index contributed by atoms with van der Waals surface area (Å²) < 4.78 is 5.88. The van der Waals surface area contributed by atoms with E-state index >= 15 is 0 Å². The number of nitrogens with one attached hydrogen (secondary N) is 1. The number of amides is 1. The van der Waals surface area contributed by atoms with Gasteiger partial charge in [-0.3, -0.25) is 4.79 Å². The normalized spacial score (nSPS) is 15.1. The molecule has 108 valence electrons. The molecule has 0 saturated heterocycles. The van der Waals surface area contributed by atoms with Crippen LogP contribution in [-0.4, -0.2) is 29.6 Å². The Morgan fingerprint density at radius 3 is 2.70 bits per heavy atom. The number of carbonyl (C=O) groups is 2. The lowest BCUT2D eigenvalue weighted by atomic mass is 10.2. The molecule has 1 aromatic carbocycles. The second-order valence-corrected chi connectivity index (χ2v) is 5.61. The van der Waals surface area contributed by atoms with Crippen molar-refractivity contribution in [3.8, 4) is 5.75 Å². The highest BCUT2D eigenvalue weighted by atomic mass is 79.9. The largest absolute Gasteiger partial charge is 0.482 e. The van der Waals surface area contributed by atoms with E-state index in [9.17, 15) is 9.59 Å². The lowest BCUT2D eigenvalue weighted by Crippen LogP contribution is -2.36. The first-order chi connectivity index (χ1) is 9.58. The van der Waals surface area contributed by atoms with Crippen molar-refractivity contribution in [1.82, 2.24) is 5.32 Å². The lowest BCUT2D eigenvalue weighted by Gasteiger charge is -2.14. The average Bonchev–Trinajstić information content (AvgIpc) is 2.89. The number of rotatable bonds is 5. The van der Waals surface area contributed by atoms with Gasteiger partial charge >= 0.3 is 5.97 Å². The minimum atomic E-state index is -1.09. The highest BCUT2D eigenvalue weighted by Gasteiger charge is 2.19. The Labute approximate surface area is 125 Å². The summed E-state index contributed by atoms with van der Waals surface area (Å²) in [5.41, 5.74) is 0.0352. The van der Waals surface area contributed by atoms with E-state index in [4.69, 9.17) is 9.84 Å². The van der Waals surface area contributed by atoms with Gasteiger partial charge in [-0.2, -0.15) is 0 Å². The first kappa shape index (κ1) is 14.8. The standard InChI is InChI=1S/C14H16BrNO4/c15-11-7-3-6-10(14(18)19)13(11)20-8-12(17)16-9-4-1-2-5-9/h3,6-7,9H,1-2,4-5,8H2,(H,16,17)(H,18,19). The maximum Gasteiger partial charge on any atom is 0.339 e.